The molecule has 2 aromatic rings. The Balaban J connectivity index is 2.54. The van der Waals surface area contributed by atoms with E-state index < -0.39 is 17.7 Å². The second kappa shape index (κ2) is 5.24. The number of anilines is 1. The minimum Gasteiger partial charge on any atom is -0.465 e. The molecule has 0 bridgehead atoms. The van der Waals surface area contributed by atoms with Gasteiger partial charge in [-0.2, -0.15) is 0 Å². The summed E-state index contributed by atoms with van der Waals surface area (Å²) in [6.45, 7) is 0. The number of rotatable bonds is 2. The lowest BCUT2D eigenvalue weighted by Gasteiger charge is -2.10. The zero-order valence-corrected chi connectivity index (χ0v) is 10.2. The van der Waals surface area contributed by atoms with E-state index in [4.69, 9.17) is 16.7 Å². The van der Waals surface area contributed by atoms with Gasteiger partial charge in [0.25, 0.3) is 0 Å². The van der Waals surface area contributed by atoms with Crippen molar-refractivity contribution in [3.05, 3.63) is 53.1 Å². The highest BCUT2D eigenvalue weighted by Crippen LogP contribution is 2.31. The van der Waals surface area contributed by atoms with Crippen LogP contribution in [0.3, 0.4) is 0 Å². The lowest BCUT2D eigenvalue weighted by molar-refractivity contribution is 0.210. The topological polar surface area (TPSA) is 49.3 Å². The van der Waals surface area contributed by atoms with Crippen molar-refractivity contribution < 1.29 is 18.7 Å². The molecular weight excluding hydrogens is 276 g/mol. The summed E-state index contributed by atoms with van der Waals surface area (Å²) in [5.74, 6) is -1.17. The molecule has 0 saturated carbocycles. The Kier molecular flexibility index (Phi) is 3.66. The summed E-state index contributed by atoms with van der Waals surface area (Å²) >= 11 is 5.67. The smallest absolute Gasteiger partial charge is 0.409 e. The molecule has 0 atom stereocenters. The minimum atomic E-state index is -1.32. The van der Waals surface area contributed by atoms with E-state index in [1.54, 1.807) is 0 Å². The third kappa shape index (κ3) is 3.00. The summed E-state index contributed by atoms with van der Waals surface area (Å²) in [5, 5.41) is 10.7. The highest BCUT2D eigenvalue weighted by Gasteiger charge is 2.10. The Labute approximate surface area is 112 Å². The molecule has 0 heterocycles. The maximum absolute atomic E-state index is 13.1. The first-order valence-corrected chi connectivity index (χ1v) is 5.60. The molecule has 3 nitrogen and oxygen atoms in total. The molecule has 6 heteroatoms. The van der Waals surface area contributed by atoms with Crippen LogP contribution in [0, 0.1) is 11.6 Å². The first kappa shape index (κ1) is 13.3. The van der Waals surface area contributed by atoms with E-state index in [1.807, 2.05) is 0 Å². The average molecular weight is 284 g/mol. The van der Waals surface area contributed by atoms with Gasteiger partial charge in [-0.25, -0.2) is 13.6 Å². The van der Waals surface area contributed by atoms with Crippen LogP contribution in [0.15, 0.2) is 36.4 Å². The third-order valence-corrected chi connectivity index (χ3v) is 2.74. The van der Waals surface area contributed by atoms with Gasteiger partial charge >= 0.3 is 6.09 Å². The van der Waals surface area contributed by atoms with E-state index in [1.165, 1.54) is 24.3 Å². The van der Waals surface area contributed by atoms with Crippen molar-refractivity contribution in [3.63, 3.8) is 0 Å². The largest absolute Gasteiger partial charge is 0.465 e. The lowest BCUT2D eigenvalue weighted by atomic mass is 10.0. The molecular formula is C13H8ClF2NO2. The Morgan fingerprint density at radius 3 is 2.53 bits per heavy atom. The minimum absolute atomic E-state index is 0.0650. The Bertz CT molecular complexity index is 647. The molecule has 19 heavy (non-hydrogen) atoms. The number of halogens is 3. The van der Waals surface area contributed by atoms with Gasteiger partial charge in [-0.05, 0) is 35.9 Å². The molecule has 0 spiro atoms. The molecule has 2 rings (SSSR count). The van der Waals surface area contributed by atoms with Crippen LogP contribution >= 0.6 is 11.6 Å². The van der Waals surface area contributed by atoms with Crippen LogP contribution in [0.4, 0.5) is 19.3 Å². The van der Waals surface area contributed by atoms with Gasteiger partial charge in [0, 0.05) is 5.56 Å². The second-order valence-electron chi connectivity index (χ2n) is 3.75. The van der Waals surface area contributed by atoms with Crippen molar-refractivity contribution in [3.8, 4) is 11.1 Å². The van der Waals surface area contributed by atoms with Crippen LogP contribution in [0.1, 0.15) is 0 Å². The van der Waals surface area contributed by atoms with Gasteiger partial charge in [0.1, 0.15) is 11.6 Å². The predicted molar refractivity (Wildman–Crippen MR) is 68.5 cm³/mol. The zero-order valence-electron chi connectivity index (χ0n) is 9.45. The van der Waals surface area contributed by atoms with Gasteiger partial charge < -0.3 is 5.11 Å². The van der Waals surface area contributed by atoms with E-state index in [0.29, 0.717) is 11.1 Å². The summed E-state index contributed by atoms with van der Waals surface area (Å²) < 4.78 is 26.2. The highest BCUT2D eigenvalue weighted by atomic mass is 35.5. The number of hydrogen-bond acceptors (Lipinski definition) is 1. The van der Waals surface area contributed by atoms with Crippen LogP contribution in [-0.2, 0) is 0 Å². The van der Waals surface area contributed by atoms with Crippen LogP contribution in [0.5, 0.6) is 0 Å². The summed E-state index contributed by atoms with van der Waals surface area (Å²) in [6.07, 6.45) is -1.32. The SMILES string of the molecule is O=C(O)Nc1cc(F)ccc1-c1ccc(F)c(Cl)c1. The molecule has 0 aliphatic rings. The Hall–Kier alpha value is -2.14. The lowest BCUT2D eigenvalue weighted by Crippen LogP contribution is -2.08. The Morgan fingerprint density at radius 2 is 1.89 bits per heavy atom. The van der Waals surface area contributed by atoms with Gasteiger partial charge in [-0.1, -0.05) is 17.7 Å². The summed E-state index contributed by atoms with van der Waals surface area (Å²) in [4.78, 5) is 10.7. The number of hydrogen-bond donors (Lipinski definition) is 2. The first-order chi connectivity index (χ1) is 8.97. The van der Waals surface area contributed by atoms with Crippen molar-refractivity contribution >= 4 is 23.4 Å². The number of carbonyl (C=O) groups is 1. The van der Waals surface area contributed by atoms with E-state index in [-0.39, 0.29) is 10.7 Å². The van der Waals surface area contributed by atoms with Crippen molar-refractivity contribution in [1.82, 2.24) is 0 Å². The monoisotopic (exact) mass is 283 g/mol. The summed E-state index contributed by atoms with van der Waals surface area (Å²) in [6, 6.07) is 7.55. The zero-order chi connectivity index (χ0) is 14.0. The predicted octanol–water partition coefficient (Wildman–Crippen LogP) is 4.38. The van der Waals surface area contributed by atoms with Crippen molar-refractivity contribution in [2.24, 2.45) is 0 Å². The second-order valence-corrected chi connectivity index (χ2v) is 4.16. The third-order valence-electron chi connectivity index (χ3n) is 2.45. The van der Waals surface area contributed by atoms with Crippen molar-refractivity contribution in [1.29, 1.82) is 0 Å². The number of carboxylic acid groups (broad SMARTS) is 1. The van der Waals surface area contributed by atoms with Crippen LogP contribution in [0.2, 0.25) is 5.02 Å². The molecule has 98 valence electrons. The standard InChI is InChI=1S/C13H8ClF2NO2/c14-10-5-7(1-4-11(10)16)9-3-2-8(15)6-12(9)17-13(18)19/h1-6,17H,(H,18,19). The quantitative estimate of drug-likeness (QED) is 0.859. The number of benzene rings is 2. The molecule has 2 aromatic carbocycles. The number of nitrogens with one attached hydrogen (secondary N) is 1. The number of amides is 1. The van der Waals surface area contributed by atoms with Crippen LogP contribution in [-0.4, -0.2) is 11.2 Å². The molecule has 0 saturated heterocycles. The molecule has 2 N–H and O–H groups in total. The van der Waals surface area contributed by atoms with E-state index in [2.05, 4.69) is 5.32 Å². The fraction of sp³-hybridized carbons (Fsp3) is 0. The van der Waals surface area contributed by atoms with Crippen molar-refractivity contribution in [2.45, 2.75) is 0 Å². The summed E-state index contributed by atoms with van der Waals surface area (Å²) in [7, 11) is 0. The van der Waals surface area contributed by atoms with Crippen LogP contribution < -0.4 is 5.32 Å². The van der Waals surface area contributed by atoms with E-state index in [0.717, 1.165) is 12.1 Å². The van der Waals surface area contributed by atoms with E-state index >= 15 is 0 Å². The molecule has 0 unspecified atom stereocenters. The molecule has 1 amide bonds. The fourth-order valence-electron chi connectivity index (χ4n) is 1.65. The molecule has 0 fully saturated rings. The maximum Gasteiger partial charge on any atom is 0.409 e. The maximum atomic E-state index is 13.1. The normalized spacial score (nSPS) is 10.3. The fourth-order valence-corrected chi connectivity index (χ4v) is 1.83. The highest BCUT2D eigenvalue weighted by molar-refractivity contribution is 6.31. The van der Waals surface area contributed by atoms with Crippen molar-refractivity contribution in [2.75, 3.05) is 5.32 Å². The van der Waals surface area contributed by atoms with Gasteiger partial charge in [0.2, 0.25) is 0 Å². The van der Waals surface area contributed by atoms with Gasteiger partial charge in [0.05, 0.1) is 10.7 Å². The first-order valence-electron chi connectivity index (χ1n) is 5.22. The molecule has 0 radical (unpaired) electrons. The van der Waals surface area contributed by atoms with Crippen LogP contribution in [0.25, 0.3) is 11.1 Å². The molecule has 0 aromatic heterocycles. The Morgan fingerprint density at radius 1 is 1.16 bits per heavy atom. The average Bonchev–Trinajstić information content (AvgIpc) is 2.32. The summed E-state index contributed by atoms with van der Waals surface area (Å²) in [5.41, 5.74) is 0.955. The van der Waals surface area contributed by atoms with Gasteiger partial charge in [-0.15, -0.1) is 0 Å². The van der Waals surface area contributed by atoms with Gasteiger partial charge in [0.15, 0.2) is 0 Å². The molecule has 0 aliphatic heterocycles. The molecule has 0 aliphatic carbocycles. The van der Waals surface area contributed by atoms with E-state index in [9.17, 15) is 13.6 Å². The van der Waals surface area contributed by atoms with Gasteiger partial charge in [-0.3, -0.25) is 5.32 Å².